The number of esters is 1. The number of methoxy groups -OCH3 is 1. The number of aryl methyl sites for hydroxylation is 1. The van der Waals surface area contributed by atoms with Gasteiger partial charge in [0, 0.05) is 6.54 Å². The summed E-state index contributed by atoms with van der Waals surface area (Å²) in [6.45, 7) is 4.29. The standard InChI is InChI=1S/C18H18FN3O3S/c1-4-25-18(23)15-10(2)14-16(21-9-22-17(14)26-15)20-8-11-5-6-13(24-3)12(19)7-11/h5-7,9H,4,8H2,1-3H3,(H,20,21,22). The largest absolute Gasteiger partial charge is 0.494 e. The second-order valence-electron chi connectivity index (χ2n) is 5.50. The summed E-state index contributed by atoms with van der Waals surface area (Å²) in [4.78, 5) is 21.8. The van der Waals surface area contributed by atoms with Crippen LogP contribution in [0.3, 0.4) is 0 Å². The molecule has 0 unspecified atom stereocenters. The third-order valence-corrected chi connectivity index (χ3v) is 5.04. The number of ether oxygens (including phenoxy) is 2. The van der Waals surface area contributed by atoms with E-state index in [1.807, 2.05) is 6.92 Å². The second-order valence-corrected chi connectivity index (χ2v) is 6.50. The lowest BCUT2D eigenvalue weighted by atomic mass is 10.2. The molecular weight excluding hydrogens is 357 g/mol. The van der Waals surface area contributed by atoms with Crippen LogP contribution >= 0.6 is 11.3 Å². The van der Waals surface area contributed by atoms with Crippen LogP contribution in [0.4, 0.5) is 10.2 Å². The van der Waals surface area contributed by atoms with Crippen LogP contribution < -0.4 is 10.1 Å². The van der Waals surface area contributed by atoms with Crippen LogP contribution in [0.25, 0.3) is 10.2 Å². The fourth-order valence-electron chi connectivity index (χ4n) is 2.60. The van der Waals surface area contributed by atoms with Gasteiger partial charge in [-0.05, 0) is 37.1 Å². The number of hydrogen-bond acceptors (Lipinski definition) is 7. The van der Waals surface area contributed by atoms with E-state index in [4.69, 9.17) is 9.47 Å². The Morgan fingerprint density at radius 3 is 2.85 bits per heavy atom. The van der Waals surface area contributed by atoms with E-state index in [-0.39, 0.29) is 11.7 Å². The van der Waals surface area contributed by atoms with Crippen molar-refractivity contribution >= 4 is 33.3 Å². The predicted octanol–water partition coefficient (Wildman–Crippen LogP) is 3.94. The maximum atomic E-state index is 13.8. The lowest BCUT2D eigenvalue weighted by Crippen LogP contribution is -2.05. The molecule has 0 radical (unpaired) electrons. The first-order chi connectivity index (χ1) is 12.5. The number of hydrogen-bond donors (Lipinski definition) is 1. The molecule has 1 N–H and O–H groups in total. The van der Waals surface area contributed by atoms with Crippen molar-refractivity contribution in [2.45, 2.75) is 20.4 Å². The topological polar surface area (TPSA) is 73.3 Å². The average Bonchev–Trinajstić information content (AvgIpc) is 2.98. The third-order valence-electron chi connectivity index (χ3n) is 3.86. The fraction of sp³-hybridized carbons (Fsp3) is 0.278. The molecule has 1 aromatic carbocycles. The normalized spacial score (nSPS) is 10.8. The van der Waals surface area contributed by atoms with Gasteiger partial charge in [-0.15, -0.1) is 11.3 Å². The zero-order valence-electron chi connectivity index (χ0n) is 14.6. The zero-order valence-corrected chi connectivity index (χ0v) is 15.4. The van der Waals surface area contributed by atoms with Crippen molar-refractivity contribution in [3.05, 3.63) is 46.3 Å². The van der Waals surface area contributed by atoms with Crippen molar-refractivity contribution in [1.29, 1.82) is 0 Å². The number of nitrogens with one attached hydrogen (secondary N) is 1. The van der Waals surface area contributed by atoms with Crippen LogP contribution in [-0.2, 0) is 11.3 Å². The maximum absolute atomic E-state index is 13.8. The molecule has 0 fully saturated rings. The smallest absolute Gasteiger partial charge is 0.348 e. The minimum atomic E-state index is -0.420. The molecule has 0 saturated heterocycles. The first kappa shape index (κ1) is 18.1. The highest BCUT2D eigenvalue weighted by Gasteiger charge is 2.20. The zero-order chi connectivity index (χ0) is 18.7. The molecule has 0 aliphatic rings. The monoisotopic (exact) mass is 375 g/mol. The van der Waals surface area contributed by atoms with Crippen molar-refractivity contribution in [2.75, 3.05) is 19.0 Å². The lowest BCUT2D eigenvalue weighted by molar-refractivity contribution is 0.0531. The molecule has 0 atom stereocenters. The Bertz CT molecular complexity index is 958. The van der Waals surface area contributed by atoms with Crippen molar-refractivity contribution in [1.82, 2.24) is 9.97 Å². The minimum Gasteiger partial charge on any atom is -0.494 e. The summed E-state index contributed by atoms with van der Waals surface area (Å²) in [6, 6.07) is 4.77. The van der Waals surface area contributed by atoms with Gasteiger partial charge in [-0.3, -0.25) is 0 Å². The molecule has 26 heavy (non-hydrogen) atoms. The summed E-state index contributed by atoms with van der Waals surface area (Å²) in [6.07, 6.45) is 1.43. The maximum Gasteiger partial charge on any atom is 0.348 e. The molecule has 136 valence electrons. The number of nitrogens with zero attached hydrogens (tertiary/aromatic N) is 2. The number of rotatable bonds is 6. The third kappa shape index (κ3) is 3.45. The van der Waals surface area contributed by atoms with Gasteiger partial charge in [0.15, 0.2) is 11.6 Å². The summed E-state index contributed by atoms with van der Waals surface area (Å²) in [7, 11) is 1.43. The van der Waals surface area contributed by atoms with Crippen LogP contribution in [-0.4, -0.2) is 29.7 Å². The number of fused-ring (bicyclic) bond motifs is 1. The Kier molecular flexibility index (Phi) is 5.32. The molecule has 2 aromatic heterocycles. The van der Waals surface area contributed by atoms with E-state index in [0.29, 0.717) is 28.7 Å². The summed E-state index contributed by atoms with van der Waals surface area (Å²) >= 11 is 1.27. The SMILES string of the molecule is CCOC(=O)c1sc2ncnc(NCc3ccc(OC)c(F)c3)c2c1C. The molecule has 0 aliphatic carbocycles. The molecule has 6 nitrogen and oxygen atoms in total. The number of aromatic nitrogens is 2. The quantitative estimate of drug-likeness (QED) is 0.658. The Labute approximate surface area is 154 Å². The predicted molar refractivity (Wildman–Crippen MR) is 98.4 cm³/mol. The van der Waals surface area contributed by atoms with Gasteiger partial charge in [-0.25, -0.2) is 19.2 Å². The molecule has 0 bridgehead atoms. The van der Waals surface area contributed by atoms with Crippen LogP contribution in [0.15, 0.2) is 24.5 Å². The molecule has 3 rings (SSSR count). The van der Waals surface area contributed by atoms with Crippen LogP contribution in [0.1, 0.15) is 27.7 Å². The first-order valence-electron chi connectivity index (χ1n) is 8.02. The molecule has 0 amide bonds. The van der Waals surface area contributed by atoms with E-state index in [1.165, 1.54) is 30.8 Å². The number of thiophene rings is 1. The van der Waals surface area contributed by atoms with E-state index in [0.717, 1.165) is 16.5 Å². The molecule has 3 aromatic rings. The van der Waals surface area contributed by atoms with Gasteiger partial charge < -0.3 is 14.8 Å². The van der Waals surface area contributed by atoms with Gasteiger partial charge >= 0.3 is 5.97 Å². The second kappa shape index (κ2) is 7.65. The number of benzene rings is 1. The van der Waals surface area contributed by atoms with Crippen molar-refractivity contribution < 1.29 is 18.7 Å². The number of halogens is 1. The van der Waals surface area contributed by atoms with Crippen LogP contribution in [0.5, 0.6) is 5.75 Å². The van der Waals surface area contributed by atoms with Crippen LogP contribution in [0, 0.1) is 12.7 Å². The van der Waals surface area contributed by atoms with Gasteiger partial charge in [0.1, 0.15) is 21.9 Å². The van der Waals surface area contributed by atoms with Gasteiger partial charge in [0.2, 0.25) is 0 Å². The number of carbonyl (C=O) groups is 1. The van der Waals surface area contributed by atoms with Gasteiger partial charge in [0.05, 0.1) is 19.1 Å². The van der Waals surface area contributed by atoms with E-state index in [1.54, 1.807) is 19.1 Å². The van der Waals surface area contributed by atoms with Crippen LogP contribution in [0.2, 0.25) is 0 Å². The van der Waals surface area contributed by atoms with E-state index in [2.05, 4.69) is 15.3 Å². The highest BCUT2D eigenvalue weighted by atomic mass is 32.1. The highest BCUT2D eigenvalue weighted by molar-refractivity contribution is 7.20. The van der Waals surface area contributed by atoms with Gasteiger partial charge in [0.25, 0.3) is 0 Å². The average molecular weight is 375 g/mol. The molecular formula is C18H18FN3O3S. The van der Waals surface area contributed by atoms with Crippen molar-refractivity contribution in [3.8, 4) is 5.75 Å². The Morgan fingerprint density at radius 1 is 1.35 bits per heavy atom. The Hall–Kier alpha value is -2.74. The Morgan fingerprint density at radius 2 is 2.15 bits per heavy atom. The molecule has 0 spiro atoms. The summed E-state index contributed by atoms with van der Waals surface area (Å²) in [5, 5.41) is 3.96. The highest BCUT2D eigenvalue weighted by Crippen LogP contribution is 2.34. The van der Waals surface area contributed by atoms with Gasteiger partial charge in [-0.2, -0.15) is 0 Å². The molecule has 0 saturated carbocycles. The Balaban J connectivity index is 1.88. The van der Waals surface area contributed by atoms with E-state index in [9.17, 15) is 9.18 Å². The van der Waals surface area contributed by atoms with Crippen molar-refractivity contribution in [2.24, 2.45) is 0 Å². The molecule has 0 aliphatic heterocycles. The molecule has 2 heterocycles. The summed E-state index contributed by atoms with van der Waals surface area (Å²) in [5.41, 5.74) is 1.51. The molecule has 8 heteroatoms. The van der Waals surface area contributed by atoms with E-state index >= 15 is 0 Å². The van der Waals surface area contributed by atoms with E-state index < -0.39 is 5.82 Å². The first-order valence-corrected chi connectivity index (χ1v) is 8.84. The summed E-state index contributed by atoms with van der Waals surface area (Å²) in [5.74, 6) is 0.00794. The summed E-state index contributed by atoms with van der Waals surface area (Å²) < 4.78 is 23.8. The van der Waals surface area contributed by atoms with Gasteiger partial charge in [-0.1, -0.05) is 6.07 Å². The number of anilines is 1. The number of carbonyl (C=O) groups excluding carboxylic acids is 1. The lowest BCUT2D eigenvalue weighted by Gasteiger charge is -2.09. The van der Waals surface area contributed by atoms with Crippen molar-refractivity contribution in [3.63, 3.8) is 0 Å². The minimum absolute atomic E-state index is 0.200. The fourth-order valence-corrected chi connectivity index (χ4v) is 3.65.